The van der Waals surface area contributed by atoms with Crippen molar-refractivity contribution in [3.8, 4) is 0 Å². The van der Waals surface area contributed by atoms with Gasteiger partial charge in [-0.1, -0.05) is 70.3 Å². The first-order valence-corrected chi connectivity index (χ1v) is 9.79. The Kier molecular flexibility index (Phi) is 18.0. The molecule has 0 aromatic rings. The Balaban J connectivity index is 3.30. The summed E-state index contributed by atoms with van der Waals surface area (Å²) in [5.41, 5.74) is 0. The zero-order valence-electron chi connectivity index (χ0n) is 15.2. The number of unbranched alkanes of at least 4 members (excludes halogenated alkanes) is 8. The summed E-state index contributed by atoms with van der Waals surface area (Å²) in [6.45, 7) is 4.49. The van der Waals surface area contributed by atoms with E-state index in [1.165, 1.54) is 64.2 Å². The fourth-order valence-corrected chi connectivity index (χ4v) is 2.57. The van der Waals surface area contributed by atoms with Crippen molar-refractivity contribution in [2.45, 2.75) is 110 Å². The van der Waals surface area contributed by atoms with Crippen LogP contribution < -0.4 is 0 Å². The molecule has 0 amide bonds. The van der Waals surface area contributed by atoms with Gasteiger partial charge in [-0.05, 0) is 57.8 Å². The van der Waals surface area contributed by atoms with Gasteiger partial charge in [-0.25, -0.2) is 0 Å². The molecule has 1 nitrogen and oxygen atoms in total. The highest BCUT2D eigenvalue weighted by Gasteiger charge is 2.01. The molecule has 0 heterocycles. The van der Waals surface area contributed by atoms with Crippen molar-refractivity contribution < 1.29 is 5.11 Å². The third-order valence-electron chi connectivity index (χ3n) is 4.11. The maximum Gasteiger partial charge on any atom is 0.0543 e. The van der Waals surface area contributed by atoms with Crippen molar-refractivity contribution in [3.05, 3.63) is 24.3 Å². The Hall–Kier alpha value is -0.560. The smallest absolute Gasteiger partial charge is 0.0543 e. The van der Waals surface area contributed by atoms with E-state index < -0.39 is 0 Å². The van der Waals surface area contributed by atoms with Gasteiger partial charge in [0.15, 0.2) is 0 Å². The highest BCUT2D eigenvalue weighted by molar-refractivity contribution is 4.83. The standard InChI is InChI=1S/C21H40O/c1-3-5-7-9-11-12-14-16-18-20-21(22)19-17-15-13-10-8-6-4-2/h11-13,15,21-22H,3-10,14,16-20H2,1-2H3. The zero-order chi connectivity index (χ0) is 16.3. The third kappa shape index (κ3) is 17.5. The molecular weight excluding hydrogens is 268 g/mol. The van der Waals surface area contributed by atoms with Crippen LogP contribution in [0.3, 0.4) is 0 Å². The van der Waals surface area contributed by atoms with Gasteiger partial charge in [0.05, 0.1) is 6.10 Å². The van der Waals surface area contributed by atoms with Crippen molar-refractivity contribution in [1.29, 1.82) is 0 Å². The van der Waals surface area contributed by atoms with Crippen LogP contribution in [0.15, 0.2) is 24.3 Å². The summed E-state index contributed by atoms with van der Waals surface area (Å²) in [6.07, 6.45) is 25.9. The Morgan fingerprint density at radius 1 is 0.591 bits per heavy atom. The summed E-state index contributed by atoms with van der Waals surface area (Å²) >= 11 is 0. The van der Waals surface area contributed by atoms with Crippen LogP contribution in [0, 0.1) is 0 Å². The average molecular weight is 309 g/mol. The summed E-state index contributed by atoms with van der Waals surface area (Å²) in [6, 6.07) is 0. The van der Waals surface area contributed by atoms with Crippen LogP contribution >= 0.6 is 0 Å². The van der Waals surface area contributed by atoms with E-state index in [-0.39, 0.29) is 6.10 Å². The molecule has 1 unspecified atom stereocenters. The number of aliphatic hydroxyl groups excluding tert-OH is 1. The zero-order valence-corrected chi connectivity index (χ0v) is 15.2. The predicted molar refractivity (Wildman–Crippen MR) is 100 cm³/mol. The quantitative estimate of drug-likeness (QED) is 0.241. The molecule has 0 bridgehead atoms. The highest BCUT2D eigenvalue weighted by atomic mass is 16.3. The molecule has 0 aliphatic rings. The molecule has 0 saturated heterocycles. The molecule has 0 fully saturated rings. The van der Waals surface area contributed by atoms with Crippen molar-refractivity contribution in [2.24, 2.45) is 0 Å². The van der Waals surface area contributed by atoms with E-state index >= 15 is 0 Å². The van der Waals surface area contributed by atoms with E-state index in [0.29, 0.717) is 0 Å². The van der Waals surface area contributed by atoms with E-state index in [1.54, 1.807) is 0 Å². The van der Waals surface area contributed by atoms with Gasteiger partial charge in [0.25, 0.3) is 0 Å². The lowest BCUT2D eigenvalue weighted by molar-refractivity contribution is 0.152. The molecule has 1 heteroatoms. The van der Waals surface area contributed by atoms with Crippen LogP contribution in [-0.4, -0.2) is 11.2 Å². The molecule has 0 radical (unpaired) electrons. The fourth-order valence-electron chi connectivity index (χ4n) is 2.57. The molecule has 0 saturated carbocycles. The minimum absolute atomic E-state index is 0.103. The van der Waals surface area contributed by atoms with Crippen molar-refractivity contribution in [3.63, 3.8) is 0 Å². The predicted octanol–water partition coefficient (Wildman–Crippen LogP) is 6.96. The Bertz CT molecular complexity index is 255. The maximum atomic E-state index is 9.94. The van der Waals surface area contributed by atoms with Gasteiger partial charge in [-0.15, -0.1) is 0 Å². The summed E-state index contributed by atoms with van der Waals surface area (Å²) < 4.78 is 0. The molecule has 22 heavy (non-hydrogen) atoms. The van der Waals surface area contributed by atoms with Crippen LogP contribution in [0.25, 0.3) is 0 Å². The molecule has 0 spiro atoms. The van der Waals surface area contributed by atoms with Gasteiger partial charge < -0.3 is 5.11 Å². The molecule has 130 valence electrons. The molecule has 0 aliphatic heterocycles. The number of allylic oxidation sites excluding steroid dienone is 4. The van der Waals surface area contributed by atoms with Crippen molar-refractivity contribution in [1.82, 2.24) is 0 Å². The monoisotopic (exact) mass is 308 g/mol. The van der Waals surface area contributed by atoms with Crippen LogP contribution in [0.5, 0.6) is 0 Å². The molecular formula is C21H40O. The van der Waals surface area contributed by atoms with Crippen LogP contribution in [0.1, 0.15) is 104 Å². The molecule has 1 atom stereocenters. The van der Waals surface area contributed by atoms with Crippen LogP contribution in [0.4, 0.5) is 0 Å². The molecule has 0 aromatic carbocycles. The average Bonchev–Trinajstić information content (AvgIpc) is 2.52. The Morgan fingerprint density at radius 2 is 1.05 bits per heavy atom. The number of rotatable bonds is 16. The number of hydrogen-bond donors (Lipinski definition) is 1. The number of hydrogen-bond acceptors (Lipinski definition) is 1. The maximum absolute atomic E-state index is 9.94. The molecule has 0 aliphatic carbocycles. The van der Waals surface area contributed by atoms with Crippen LogP contribution in [0.2, 0.25) is 0 Å². The SMILES string of the molecule is CCCCCC=CCCCCC(O)CCC=CCCCCC. The van der Waals surface area contributed by atoms with E-state index in [0.717, 1.165) is 25.7 Å². The number of aliphatic hydroxyl groups is 1. The van der Waals surface area contributed by atoms with E-state index in [1.807, 2.05) is 0 Å². The van der Waals surface area contributed by atoms with Gasteiger partial charge in [0, 0.05) is 0 Å². The van der Waals surface area contributed by atoms with Crippen molar-refractivity contribution in [2.75, 3.05) is 0 Å². The first-order chi connectivity index (χ1) is 10.8. The lowest BCUT2D eigenvalue weighted by Gasteiger charge is -2.08. The first kappa shape index (κ1) is 21.4. The second-order valence-corrected chi connectivity index (χ2v) is 6.45. The van der Waals surface area contributed by atoms with E-state index in [2.05, 4.69) is 38.2 Å². The summed E-state index contributed by atoms with van der Waals surface area (Å²) in [7, 11) is 0. The fraction of sp³-hybridized carbons (Fsp3) is 0.810. The highest BCUT2D eigenvalue weighted by Crippen LogP contribution is 2.10. The second-order valence-electron chi connectivity index (χ2n) is 6.45. The van der Waals surface area contributed by atoms with Gasteiger partial charge in [-0.3, -0.25) is 0 Å². The Morgan fingerprint density at radius 3 is 1.55 bits per heavy atom. The lowest BCUT2D eigenvalue weighted by Crippen LogP contribution is -2.05. The second kappa shape index (κ2) is 18.5. The van der Waals surface area contributed by atoms with Gasteiger partial charge in [-0.2, -0.15) is 0 Å². The topological polar surface area (TPSA) is 20.2 Å². The minimum Gasteiger partial charge on any atom is -0.393 e. The molecule has 1 N–H and O–H groups in total. The van der Waals surface area contributed by atoms with Gasteiger partial charge in [0.2, 0.25) is 0 Å². The first-order valence-electron chi connectivity index (χ1n) is 9.79. The van der Waals surface area contributed by atoms with Crippen LogP contribution in [-0.2, 0) is 0 Å². The lowest BCUT2D eigenvalue weighted by atomic mass is 10.1. The molecule has 0 aromatic heterocycles. The minimum atomic E-state index is -0.103. The van der Waals surface area contributed by atoms with E-state index in [9.17, 15) is 5.11 Å². The van der Waals surface area contributed by atoms with Gasteiger partial charge >= 0.3 is 0 Å². The largest absolute Gasteiger partial charge is 0.393 e. The normalized spacial score (nSPS) is 13.4. The third-order valence-corrected chi connectivity index (χ3v) is 4.11. The molecule has 0 rings (SSSR count). The van der Waals surface area contributed by atoms with Crippen molar-refractivity contribution >= 4 is 0 Å². The van der Waals surface area contributed by atoms with E-state index in [4.69, 9.17) is 0 Å². The summed E-state index contributed by atoms with van der Waals surface area (Å²) in [5, 5.41) is 9.94. The summed E-state index contributed by atoms with van der Waals surface area (Å²) in [5.74, 6) is 0. The Labute approximate surface area is 139 Å². The summed E-state index contributed by atoms with van der Waals surface area (Å²) in [4.78, 5) is 0. The van der Waals surface area contributed by atoms with Gasteiger partial charge in [0.1, 0.15) is 0 Å².